The number of benzene rings is 2. The van der Waals surface area contributed by atoms with Crippen molar-refractivity contribution in [2.24, 2.45) is 0 Å². The zero-order valence-electron chi connectivity index (χ0n) is 16.6. The van der Waals surface area contributed by atoms with Gasteiger partial charge in [0.25, 0.3) is 0 Å². The lowest BCUT2D eigenvalue weighted by molar-refractivity contribution is -0.0221. The monoisotopic (exact) mass is 383 g/mol. The third-order valence-corrected chi connectivity index (χ3v) is 4.41. The first-order valence-corrected chi connectivity index (χ1v) is 9.21. The van der Waals surface area contributed by atoms with Gasteiger partial charge >= 0.3 is 12.1 Å². The minimum atomic E-state index is -1.01. The average Bonchev–Trinajstić information content (AvgIpc) is 2.56. The highest BCUT2D eigenvalue weighted by Crippen LogP contribution is 2.30. The second-order valence-corrected chi connectivity index (χ2v) is 7.99. The third-order valence-electron chi connectivity index (χ3n) is 4.41. The topological polar surface area (TPSA) is 76.1 Å². The Balaban J connectivity index is 1.74. The largest absolute Gasteiger partial charge is 0.487 e. The number of amides is 1. The molecule has 6 nitrogen and oxygen atoms in total. The Labute approximate surface area is 164 Å². The van der Waals surface area contributed by atoms with Crippen molar-refractivity contribution in [3.63, 3.8) is 0 Å². The first kappa shape index (κ1) is 19.7. The van der Waals surface area contributed by atoms with Gasteiger partial charge in [0.05, 0.1) is 18.7 Å². The van der Waals surface area contributed by atoms with Gasteiger partial charge in [-0.05, 0) is 62.6 Å². The van der Waals surface area contributed by atoms with Crippen LogP contribution >= 0.6 is 0 Å². The second kappa shape index (κ2) is 7.54. The Kier molecular flexibility index (Phi) is 5.31. The van der Waals surface area contributed by atoms with Crippen LogP contribution in [0.4, 0.5) is 4.79 Å². The van der Waals surface area contributed by atoms with Crippen LogP contribution in [0.5, 0.6) is 5.75 Å². The normalized spacial score (nSPS) is 14.4. The highest BCUT2D eigenvalue weighted by atomic mass is 16.6. The van der Waals surface area contributed by atoms with Crippen molar-refractivity contribution < 1.29 is 24.2 Å². The van der Waals surface area contributed by atoms with Gasteiger partial charge in [0.15, 0.2) is 0 Å². The molecule has 0 saturated carbocycles. The summed E-state index contributed by atoms with van der Waals surface area (Å²) in [6.45, 7) is 8.27. The molecule has 2 aromatic carbocycles. The highest BCUT2D eigenvalue weighted by Gasteiger charge is 2.35. The smallest absolute Gasteiger partial charge is 0.410 e. The molecule has 0 atom stereocenters. The van der Waals surface area contributed by atoms with E-state index in [1.54, 1.807) is 11.0 Å². The molecule has 0 unspecified atom stereocenters. The van der Waals surface area contributed by atoms with Crippen molar-refractivity contribution in [3.8, 4) is 16.9 Å². The lowest BCUT2D eigenvalue weighted by Gasteiger charge is -2.39. The van der Waals surface area contributed by atoms with Crippen LogP contribution in [0.15, 0.2) is 42.5 Å². The van der Waals surface area contributed by atoms with Crippen LogP contribution < -0.4 is 4.74 Å². The van der Waals surface area contributed by atoms with E-state index in [1.165, 1.54) is 6.07 Å². The summed E-state index contributed by atoms with van der Waals surface area (Å²) < 4.78 is 11.3. The van der Waals surface area contributed by atoms with Gasteiger partial charge in [0.2, 0.25) is 0 Å². The molecule has 1 heterocycles. The number of carboxylic acid groups (broad SMARTS) is 1. The van der Waals surface area contributed by atoms with E-state index < -0.39 is 11.6 Å². The predicted octanol–water partition coefficient (Wildman–Crippen LogP) is 4.36. The Morgan fingerprint density at radius 3 is 2.39 bits per heavy atom. The fraction of sp³-hybridized carbons (Fsp3) is 0.364. The summed E-state index contributed by atoms with van der Waals surface area (Å²) in [7, 11) is 0. The minimum Gasteiger partial charge on any atom is -0.487 e. The average molecular weight is 383 g/mol. The number of nitrogens with zero attached hydrogens (tertiary/aromatic N) is 1. The van der Waals surface area contributed by atoms with Crippen LogP contribution in [0.1, 0.15) is 36.7 Å². The van der Waals surface area contributed by atoms with Gasteiger partial charge in [-0.3, -0.25) is 0 Å². The first-order chi connectivity index (χ1) is 13.1. The fourth-order valence-electron chi connectivity index (χ4n) is 3.02. The Morgan fingerprint density at radius 1 is 1.11 bits per heavy atom. The molecule has 1 amide bonds. The maximum absolute atomic E-state index is 12.0. The molecule has 6 heteroatoms. The molecule has 0 aromatic heterocycles. The molecule has 1 N–H and O–H groups in total. The number of carbonyl (C=O) groups is 2. The van der Waals surface area contributed by atoms with Gasteiger partial charge in [0, 0.05) is 0 Å². The number of aromatic carboxylic acids is 1. The highest BCUT2D eigenvalue weighted by molar-refractivity contribution is 5.90. The van der Waals surface area contributed by atoms with E-state index in [0.29, 0.717) is 18.8 Å². The molecule has 2 aromatic rings. The number of likely N-dealkylation sites (tertiary alicyclic amines) is 1. The van der Waals surface area contributed by atoms with Crippen LogP contribution in [-0.4, -0.2) is 46.9 Å². The van der Waals surface area contributed by atoms with E-state index in [-0.39, 0.29) is 17.8 Å². The van der Waals surface area contributed by atoms with Crippen LogP contribution in [0.3, 0.4) is 0 Å². The summed E-state index contributed by atoms with van der Waals surface area (Å²) in [6.07, 6.45) is -0.562. The van der Waals surface area contributed by atoms with E-state index in [9.17, 15) is 14.7 Å². The summed E-state index contributed by atoms with van der Waals surface area (Å²) in [5.74, 6) is -0.531. The molecule has 148 valence electrons. The molecule has 0 bridgehead atoms. The number of carboxylic acids is 1. The summed E-state index contributed by atoms with van der Waals surface area (Å²) in [5.41, 5.74) is 2.42. The fourth-order valence-corrected chi connectivity index (χ4v) is 3.02. The lowest BCUT2D eigenvalue weighted by Crippen LogP contribution is -2.57. The standard InChI is InChI=1S/C22H25NO5/c1-14-7-5-6-8-19(14)15-9-16(20(24)25)11-17(10-15)27-18-12-23(13-18)21(26)28-22(2,3)4/h5-11,18H,12-13H2,1-4H3,(H,24,25). The van der Waals surface area contributed by atoms with Crippen molar-refractivity contribution in [2.75, 3.05) is 13.1 Å². The van der Waals surface area contributed by atoms with Gasteiger partial charge in [-0.15, -0.1) is 0 Å². The third kappa shape index (κ3) is 4.63. The summed E-state index contributed by atoms with van der Waals surface area (Å²) in [4.78, 5) is 25.1. The lowest BCUT2D eigenvalue weighted by atomic mass is 9.98. The van der Waals surface area contributed by atoms with Gasteiger partial charge in [-0.25, -0.2) is 9.59 Å². The molecule has 0 aliphatic carbocycles. The molecule has 28 heavy (non-hydrogen) atoms. The predicted molar refractivity (Wildman–Crippen MR) is 106 cm³/mol. The quantitative estimate of drug-likeness (QED) is 0.849. The van der Waals surface area contributed by atoms with Crippen LogP contribution in [-0.2, 0) is 4.74 Å². The SMILES string of the molecule is Cc1ccccc1-c1cc(OC2CN(C(=O)OC(C)(C)C)C2)cc(C(=O)O)c1. The van der Waals surface area contributed by atoms with Crippen LogP contribution in [0, 0.1) is 6.92 Å². The van der Waals surface area contributed by atoms with Crippen molar-refractivity contribution in [3.05, 3.63) is 53.6 Å². The molecule has 0 spiro atoms. The second-order valence-electron chi connectivity index (χ2n) is 7.99. The van der Waals surface area contributed by atoms with E-state index in [4.69, 9.17) is 9.47 Å². The zero-order chi connectivity index (χ0) is 20.5. The number of ether oxygens (including phenoxy) is 2. The van der Waals surface area contributed by atoms with E-state index in [1.807, 2.05) is 58.0 Å². The molecule has 1 aliphatic heterocycles. The van der Waals surface area contributed by atoms with E-state index in [2.05, 4.69) is 0 Å². The Morgan fingerprint density at radius 2 is 1.79 bits per heavy atom. The zero-order valence-corrected chi connectivity index (χ0v) is 16.6. The van der Waals surface area contributed by atoms with Crippen molar-refractivity contribution in [1.29, 1.82) is 0 Å². The number of hydrogen-bond acceptors (Lipinski definition) is 4. The molecule has 0 radical (unpaired) electrons. The number of carbonyl (C=O) groups excluding carboxylic acids is 1. The molecule has 1 fully saturated rings. The molecule has 1 saturated heterocycles. The summed E-state index contributed by atoms with van der Waals surface area (Å²) >= 11 is 0. The minimum absolute atomic E-state index is 0.166. The van der Waals surface area contributed by atoms with Gasteiger partial charge in [0.1, 0.15) is 17.5 Å². The Bertz CT molecular complexity index is 894. The van der Waals surface area contributed by atoms with Gasteiger partial charge < -0.3 is 19.5 Å². The molecule has 1 aliphatic rings. The van der Waals surface area contributed by atoms with Crippen molar-refractivity contribution in [2.45, 2.75) is 39.4 Å². The summed E-state index contributed by atoms with van der Waals surface area (Å²) in [6, 6.07) is 12.8. The van der Waals surface area contributed by atoms with E-state index >= 15 is 0 Å². The van der Waals surface area contributed by atoms with Crippen LogP contribution in [0.25, 0.3) is 11.1 Å². The van der Waals surface area contributed by atoms with Crippen molar-refractivity contribution in [1.82, 2.24) is 4.90 Å². The maximum atomic E-state index is 12.0. The van der Waals surface area contributed by atoms with E-state index in [0.717, 1.165) is 16.7 Å². The number of aryl methyl sites for hydroxylation is 1. The molecule has 3 rings (SSSR count). The van der Waals surface area contributed by atoms with Gasteiger partial charge in [-0.1, -0.05) is 24.3 Å². The molecular weight excluding hydrogens is 358 g/mol. The van der Waals surface area contributed by atoms with Crippen LogP contribution in [0.2, 0.25) is 0 Å². The maximum Gasteiger partial charge on any atom is 0.410 e. The van der Waals surface area contributed by atoms with Crippen molar-refractivity contribution >= 4 is 12.1 Å². The first-order valence-electron chi connectivity index (χ1n) is 9.21. The Hall–Kier alpha value is -3.02. The number of rotatable bonds is 4. The molecular formula is C22H25NO5. The van der Waals surface area contributed by atoms with Gasteiger partial charge in [-0.2, -0.15) is 0 Å². The summed E-state index contributed by atoms with van der Waals surface area (Å²) in [5, 5.41) is 9.45. The number of hydrogen-bond donors (Lipinski definition) is 1.